The molecule has 1 aliphatic heterocycles. The summed E-state index contributed by atoms with van der Waals surface area (Å²) in [5, 5.41) is 3.06. The minimum atomic E-state index is -0.258. The molecule has 0 atom stereocenters. The van der Waals surface area contributed by atoms with Crippen LogP contribution in [0.2, 0.25) is 0 Å². The summed E-state index contributed by atoms with van der Waals surface area (Å²) in [7, 11) is 0. The van der Waals surface area contributed by atoms with Gasteiger partial charge in [0.05, 0.1) is 0 Å². The topological polar surface area (TPSA) is 35.6 Å². The Bertz CT molecular complexity index is 798. The van der Waals surface area contributed by atoms with E-state index in [1.807, 2.05) is 30.0 Å². The second kappa shape index (κ2) is 9.20. The molecule has 0 spiro atoms. The number of rotatable bonds is 5. The maximum Gasteiger partial charge on any atom is 0.322 e. The van der Waals surface area contributed by atoms with Crippen LogP contribution in [-0.4, -0.2) is 41.5 Å². The van der Waals surface area contributed by atoms with Crippen molar-refractivity contribution in [2.24, 2.45) is 0 Å². The monoisotopic (exact) mass is 383 g/mol. The number of hydrogen-bond donors (Lipinski definition) is 1. The van der Waals surface area contributed by atoms with E-state index in [0.29, 0.717) is 6.54 Å². The average molecular weight is 384 g/mol. The van der Waals surface area contributed by atoms with Crippen LogP contribution in [0.5, 0.6) is 0 Å². The van der Waals surface area contributed by atoms with Gasteiger partial charge in [-0.3, -0.25) is 0 Å². The number of nitrogens with zero attached hydrogens (tertiary/aromatic N) is 2. The molecular formula is C23H30FN3O. The molecule has 5 heteroatoms. The van der Waals surface area contributed by atoms with E-state index in [1.165, 1.54) is 17.7 Å². The van der Waals surface area contributed by atoms with Gasteiger partial charge in [-0.2, -0.15) is 0 Å². The molecule has 0 saturated carbocycles. The molecule has 1 fully saturated rings. The Morgan fingerprint density at radius 2 is 1.79 bits per heavy atom. The number of piperidine rings is 1. The van der Waals surface area contributed by atoms with E-state index < -0.39 is 0 Å². The van der Waals surface area contributed by atoms with Crippen molar-refractivity contribution in [1.29, 1.82) is 0 Å². The second-order valence-corrected chi connectivity index (χ2v) is 7.65. The number of carbonyl (C=O) groups excluding carboxylic acids is 1. The van der Waals surface area contributed by atoms with Crippen LogP contribution in [-0.2, 0) is 6.54 Å². The van der Waals surface area contributed by atoms with Crippen LogP contribution >= 0.6 is 0 Å². The van der Waals surface area contributed by atoms with Crippen LogP contribution in [0.25, 0.3) is 0 Å². The fraction of sp³-hybridized carbons (Fsp3) is 0.435. The van der Waals surface area contributed by atoms with Crippen molar-refractivity contribution in [2.75, 3.05) is 25.0 Å². The Morgan fingerprint density at radius 3 is 2.39 bits per heavy atom. The fourth-order valence-electron chi connectivity index (χ4n) is 3.71. The highest BCUT2D eigenvalue weighted by Gasteiger charge is 2.28. The van der Waals surface area contributed by atoms with Crippen molar-refractivity contribution in [2.45, 2.75) is 46.2 Å². The largest absolute Gasteiger partial charge is 0.322 e. The predicted molar refractivity (Wildman–Crippen MR) is 112 cm³/mol. The van der Waals surface area contributed by atoms with Crippen LogP contribution in [0, 0.1) is 19.7 Å². The summed E-state index contributed by atoms with van der Waals surface area (Å²) in [6, 6.07) is 12.5. The molecule has 0 aliphatic carbocycles. The molecule has 1 N–H and O–H groups in total. The highest BCUT2D eigenvalue weighted by atomic mass is 19.1. The molecule has 28 heavy (non-hydrogen) atoms. The molecule has 1 aliphatic rings. The quantitative estimate of drug-likeness (QED) is 0.792. The Morgan fingerprint density at radius 1 is 1.11 bits per heavy atom. The third-order valence-corrected chi connectivity index (χ3v) is 5.73. The number of urea groups is 1. The lowest BCUT2D eigenvalue weighted by molar-refractivity contribution is 0.126. The summed E-state index contributed by atoms with van der Waals surface area (Å²) in [5.74, 6) is -0.258. The molecule has 1 saturated heterocycles. The van der Waals surface area contributed by atoms with E-state index in [4.69, 9.17) is 0 Å². The Hall–Kier alpha value is -2.40. The van der Waals surface area contributed by atoms with Crippen molar-refractivity contribution in [3.8, 4) is 0 Å². The number of amides is 2. The van der Waals surface area contributed by atoms with Crippen molar-refractivity contribution in [3.63, 3.8) is 0 Å². The molecule has 0 radical (unpaired) electrons. The van der Waals surface area contributed by atoms with Crippen LogP contribution in [0.1, 0.15) is 36.5 Å². The highest BCUT2D eigenvalue weighted by Crippen LogP contribution is 2.22. The Kier molecular flexibility index (Phi) is 6.68. The van der Waals surface area contributed by atoms with Crippen LogP contribution in [0.3, 0.4) is 0 Å². The van der Waals surface area contributed by atoms with E-state index >= 15 is 0 Å². The number of halogens is 1. The second-order valence-electron chi connectivity index (χ2n) is 7.65. The number of benzene rings is 2. The maximum absolute atomic E-state index is 13.3. The average Bonchev–Trinajstić information content (AvgIpc) is 2.70. The highest BCUT2D eigenvalue weighted by molar-refractivity contribution is 5.89. The molecule has 0 bridgehead atoms. The standard InChI is InChI=1S/C23H30FN3O/c1-4-26-13-11-22(12-14-26)27(16-19-6-8-20(24)9-7-19)23(28)25-21-10-5-17(2)18(3)15-21/h5-10,15,22H,4,11-14,16H2,1-3H3,(H,25,28). The van der Waals surface area contributed by atoms with Gasteiger partial charge in [-0.05, 0) is 74.2 Å². The maximum atomic E-state index is 13.3. The first-order chi connectivity index (χ1) is 13.5. The lowest BCUT2D eigenvalue weighted by atomic mass is 10.0. The third-order valence-electron chi connectivity index (χ3n) is 5.73. The minimum absolute atomic E-state index is 0.0949. The van der Waals surface area contributed by atoms with Gasteiger partial charge in [0.25, 0.3) is 0 Å². The van der Waals surface area contributed by atoms with Crippen LogP contribution in [0.4, 0.5) is 14.9 Å². The summed E-state index contributed by atoms with van der Waals surface area (Å²) in [6.45, 7) is 9.79. The van der Waals surface area contributed by atoms with Crippen molar-refractivity contribution >= 4 is 11.7 Å². The number of likely N-dealkylation sites (tertiary alicyclic amines) is 1. The molecule has 150 valence electrons. The van der Waals surface area contributed by atoms with Crippen molar-refractivity contribution in [3.05, 3.63) is 65.0 Å². The number of carbonyl (C=O) groups is 1. The molecule has 0 unspecified atom stereocenters. The zero-order chi connectivity index (χ0) is 20.1. The number of hydrogen-bond acceptors (Lipinski definition) is 2. The van der Waals surface area contributed by atoms with E-state index in [-0.39, 0.29) is 17.9 Å². The summed E-state index contributed by atoms with van der Waals surface area (Å²) < 4.78 is 13.3. The van der Waals surface area contributed by atoms with Gasteiger partial charge in [0.15, 0.2) is 0 Å². The first-order valence-electron chi connectivity index (χ1n) is 10.1. The normalized spacial score (nSPS) is 15.4. The van der Waals surface area contributed by atoms with E-state index in [1.54, 1.807) is 12.1 Å². The molecule has 4 nitrogen and oxygen atoms in total. The molecule has 3 rings (SSSR count). The first-order valence-corrected chi connectivity index (χ1v) is 10.1. The summed E-state index contributed by atoms with van der Waals surface area (Å²) >= 11 is 0. The zero-order valence-electron chi connectivity index (χ0n) is 17.0. The van der Waals surface area contributed by atoms with E-state index in [9.17, 15) is 9.18 Å². The van der Waals surface area contributed by atoms with Gasteiger partial charge in [-0.25, -0.2) is 9.18 Å². The number of anilines is 1. The Labute approximate surface area is 167 Å². The summed E-state index contributed by atoms with van der Waals surface area (Å²) in [4.78, 5) is 17.5. The molecular weight excluding hydrogens is 353 g/mol. The van der Waals surface area contributed by atoms with Crippen LogP contribution < -0.4 is 5.32 Å². The van der Waals surface area contributed by atoms with E-state index in [0.717, 1.165) is 49.3 Å². The van der Waals surface area contributed by atoms with Crippen molar-refractivity contribution < 1.29 is 9.18 Å². The lowest BCUT2D eigenvalue weighted by Crippen LogP contribution is -2.48. The SMILES string of the molecule is CCN1CCC(N(Cc2ccc(F)cc2)C(=O)Nc2ccc(C)c(C)c2)CC1. The number of nitrogens with one attached hydrogen (secondary N) is 1. The van der Waals surface area contributed by atoms with Gasteiger partial charge in [-0.15, -0.1) is 0 Å². The zero-order valence-corrected chi connectivity index (χ0v) is 17.0. The summed E-state index contributed by atoms with van der Waals surface area (Å²) in [5.41, 5.74) is 4.10. The van der Waals surface area contributed by atoms with Crippen molar-refractivity contribution in [1.82, 2.24) is 9.80 Å². The smallest absolute Gasteiger partial charge is 0.317 e. The minimum Gasteiger partial charge on any atom is -0.317 e. The predicted octanol–water partition coefficient (Wildman–Crippen LogP) is 4.96. The molecule has 2 aromatic carbocycles. The van der Waals surface area contributed by atoms with Gasteiger partial charge in [0.2, 0.25) is 0 Å². The lowest BCUT2D eigenvalue weighted by Gasteiger charge is -2.38. The van der Waals surface area contributed by atoms with Gasteiger partial charge in [-0.1, -0.05) is 25.1 Å². The first kappa shape index (κ1) is 20.3. The Balaban J connectivity index is 1.76. The summed E-state index contributed by atoms with van der Waals surface area (Å²) in [6.07, 6.45) is 1.91. The van der Waals surface area contributed by atoms with E-state index in [2.05, 4.69) is 24.1 Å². The molecule has 1 heterocycles. The van der Waals surface area contributed by atoms with Crippen LogP contribution in [0.15, 0.2) is 42.5 Å². The molecule has 2 aromatic rings. The molecule has 2 amide bonds. The van der Waals surface area contributed by atoms with Gasteiger partial charge < -0.3 is 15.1 Å². The van der Waals surface area contributed by atoms with Gasteiger partial charge >= 0.3 is 6.03 Å². The van der Waals surface area contributed by atoms with Gasteiger partial charge in [0.1, 0.15) is 5.82 Å². The third kappa shape index (κ3) is 5.10. The molecule has 0 aromatic heterocycles. The number of aryl methyl sites for hydroxylation is 2. The van der Waals surface area contributed by atoms with Gasteiger partial charge in [0, 0.05) is 31.4 Å². The fourth-order valence-corrected chi connectivity index (χ4v) is 3.71.